The van der Waals surface area contributed by atoms with E-state index in [0.29, 0.717) is 22.2 Å². The van der Waals surface area contributed by atoms with E-state index in [4.69, 9.17) is 34.8 Å². The lowest BCUT2D eigenvalue weighted by Crippen LogP contribution is -2.48. The van der Waals surface area contributed by atoms with Crippen LogP contribution in [0, 0.1) is 11.7 Å². The first-order chi connectivity index (χ1) is 14.1. The maximum atomic E-state index is 14.2. The van der Waals surface area contributed by atoms with Crippen LogP contribution in [-0.4, -0.2) is 29.3 Å². The highest BCUT2D eigenvalue weighted by atomic mass is 35.5. The molecule has 162 valence electrons. The molecule has 0 bridgehead atoms. The SMILES string of the molecule is CC(C)CNC(=O)C(C)N(Cc1ccc(Cl)c(Cl)c1)C(=O)Cc1c(F)cccc1Cl. The van der Waals surface area contributed by atoms with E-state index in [-0.39, 0.29) is 35.4 Å². The second-order valence-corrected chi connectivity index (χ2v) is 8.68. The number of halogens is 4. The maximum absolute atomic E-state index is 14.2. The van der Waals surface area contributed by atoms with Gasteiger partial charge in [-0.15, -0.1) is 0 Å². The molecule has 1 N–H and O–H groups in total. The van der Waals surface area contributed by atoms with Crippen LogP contribution in [0.3, 0.4) is 0 Å². The first-order valence-corrected chi connectivity index (χ1v) is 10.7. The molecule has 0 aliphatic rings. The monoisotopic (exact) mass is 472 g/mol. The lowest BCUT2D eigenvalue weighted by Gasteiger charge is -2.29. The van der Waals surface area contributed by atoms with Gasteiger partial charge >= 0.3 is 0 Å². The largest absolute Gasteiger partial charge is 0.354 e. The number of carbonyl (C=O) groups excluding carboxylic acids is 2. The van der Waals surface area contributed by atoms with E-state index in [1.807, 2.05) is 13.8 Å². The number of rotatable bonds is 8. The molecule has 2 aromatic rings. The summed E-state index contributed by atoms with van der Waals surface area (Å²) in [5, 5.41) is 3.72. The quantitative estimate of drug-likeness (QED) is 0.549. The Kier molecular flexibility index (Phi) is 8.95. The van der Waals surface area contributed by atoms with E-state index in [1.165, 1.54) is 23.1 Å². The third-order valence-electron chi connectivity index (χ3n) is 4.58. The Morgan fingerprint density at radius 3 is 2.33 bits per heavy atom. The van der Waals surface area contributed by atoms with Gasteiger partial charge in [-0.3, -0.25) is 9.59 Å². The maximum Gasteiger partial charge on any atom is 0.242 e. The van der Waals surface area contributed by atoms with Gasteiger partial charge in [-0.05, 0) is 42.7 Å². The first-order valence-electron chi connectivity index (χ1n) is 9.54. The predicted molar refractivity (Wildman–Crippen MR) is 119 cm³/mol. The normalized spacial score (nSPS) is 12.0. The molecule has 0 fully saturated rings. The Labute approximate surface area is 191 Å². The van der Waals surface area contributed by atoms with Gasteiger partial charge in [0.1, 0.15) is 11.9 Å². The van der Waals surface area contributed by atoms with Crippen LogP contribution in [0.2, 0.25) is 15.1 Å². The number of benzene rings is 2. The lowest BCUT2D eigenvalue weighted by molar-refractivity contribution is -0.140. The van der Waals surface area contributed by atoms with Gasteiger partial charge in [0.2, 0.25) is 11.8 Å². The molecule has 0 aromatic heterocycles. The smallest absolute Gasteiger partial charge is 0.242 e. The van der Waals surface area contributed by atoms with Gasteiger partial charge in [0, 0.05) is 23.7 Å². The molecule has 0 saturated carbocycles. The first kappa shape index (κ1) is 24.4. The zero-order valence-corrected chi connectivity index (χ0v) is 19.3. The molecule has 0 saturated heterocycles. The molecule has 0 heterocycles. The fourth-order valence-electron chi connectivity index (χ4n) is 2.82. The van der Waals surface area contributed by atoms with Gasteiger partial charge in [0.05, 0.1) is 16.5 Å². The number of hydrogen-bond acceptors (Lipinski definition) is 2. The minimum absolute atomic E-state index is 0.0955. The third kappa shape index (κ3) is 6.59. The molecule has 2 aromatic carbocycles. The van der Waals surface area contributed by atoms with E-state index in [9.17, 15) is 14.0 Å². The van der Waals surface area contributed by atoms with Crippen molar-refractivity contribution in [3.8, 4) is 0 Å². The van der Waals surface area contributed by atoms with Crippen molar-refractivity contribution in [2.45, 2.75) is 39.8 Å². The van der Waals surface area contributed by atoms with Crippen LogP contribution >= 0.6 is 34.8 Å². The average Bonchev–Trinajstić information content (AvgIpc) is 2.69. The highest BCUT2D eigenvalue weighted by Gasteiger charge is 2.27. The molecule has 1 unspecified atom stereocenters. The number of nitrogens with one attached hydrogen (secondary N) is 1. The Bertz CT molecular complexity index is 901. The summed E-state index contributed by atoms with van der Waals surface area (Å²) in [6, 6.07) is 8.45. The summed E-state index contributed by atoms with van der Waals surface area (Å²) in [4.78, 5) is 27.1. The van der Waals surface area contributed by atoms with Crippen molar-refractivity contribution in [1.82, 2.24) is 10.2 Å². The van der Waals surface area contributed by atoms with Crippen LogP contribution in [0.4, 0.5) is 4.39 Å². The highest BCUT2D eigenvalue weighted by molar-refractivity contribution is 6.42. The fraction of sp³-hybridized carbons (Fsp3) is 0.364. The van der Waals surface area contributed by atoms with E-state index in [1.54, 1.807) is 25.1 Å². The van der Waals surface area contributed by atoms with Gasteiger partial charge in [0.25, 0.3) is 0 Å². The zero-order chi connectivity index (χ0) is 22.4. The molecule has 0 aliphatic carbocycles. The lowest BCUT2D eigenvalue weighted by atomic mass is 10.1. The molecular formula is C22H24Cl3FN2O2. The van der Waals surface area contributed by atoms with E-state index in [0.717, 1.165) is 0 Å². The summed E-state index contributed by atoms with van der Waals surface area (Å²) < 4.78 is 14.2. The van der Waals surface area contributed by atoms with Gasteiger partial charge < -0.3 is 10.2 Å². The average molecular weight is 474 g/mol. The van der Waals surface area contributed by atoms with Crippen LogP contribution in [0.15, 0.2) is 36.4 Å². The van der Waals surface area contributed by atoms with Gasteiger partial charge in [-0.25, -0.2) is 4.39 Å². The number of hydrogen-bond donors (Lipinski definition) is 1. The Balaban J connectivity index is 2.30. The third-order valence-corrected chi connectivity index (χ3v) is 5.67. The minimum atomic E-state index is -0.781. The Morgan fingerprint density at radius 1 is 1.03 bits per heavy atom. The predicted octanol–water partition coefficient (Wildman–Crippen LogP) is 5.52. The topological polar surface area (TPSA) is 49.4 Å². The summed E-state index contributed by atoms with van der Waals surface area (Å²) in [6.45, 7) is 6.18. The molecule has 0 radical (unpaired) electrons. The fourth-order valence-corrected chi connectivity index (χ4v) is 3.37. The molecular weight excluding hydrogens is 450 g/mol. The molecule has 2 rings (SSSR count). The van der Waals surface area contributed by atoms with Gasteiger partial charge in [-0.2, -0.15) is 0 Å². The van der Waals surface area contributed by atoms with Crippen molar-refractivity contribution in [1.29, 1.82) is 0 Å². The number of carbonyl (C=O) groups is 2. The second kappa shape index (κ2) is 11.0. The van der Waals surface area contributed by atoms with Crippen molar-refractivity contribution in [3.63, 3.8) is 0 Å². The van der Waals surface area contributed by atoms with E-state index in [2.05, 4.69) is 5.32 Å². The second-order valence-electron chi connectivity index (χ2n) is 7.46. The molecule has 30 heavy (non-hydrogen) atoms. The van der Waals surface area contributed by atoms with Gasteiger partial charge in [-0.1, -0.05) is 60.8 Å². The molecule has 8 heteroatoms. The van der Waals surface area contributed by atoms with Gasteiger partial charge in [0.15, 0.2) is 0 Å². The molecule has 2 amide bonds. The van der Waals surface area contributed by atoms with Crippen molar-refractivity contribution < 1.29 is 14.0 Å². The zero-order valence-electron chi connectivity index (χ0n) is 17.0. The molecule has 0 spiro atoms. The molecule has 0 aliphatic heterocycles. The number of nitrogens with zero attached hydrogens (tertiary/aromatic N) is 1. The van der Waals surface area contributed by atoms with Crippen LogP contribution < -0.4 is 5.32 Å². The van der Waals surface area contributed by atoms with Crippen molar-refractivity contribution in [2.75, 3.05) is 6.54 Å². The summed E-state index contributed by atoms with van der Waals surface area (Å²) in [5.74, 6) is -1.03. The minimum Gasteiger partial charge on any atom is -0.354 e. The van der Waals surface area contributed by atoms with Crippen LogP contribution in [0.5, 0.6) is 0 Å². The summed E-state index contributed by atoms with van der Waals surface area (Å²) in [5.41, 5.74) is 0.791. The molecule has 4 nitrogen and oxygen atoms in total. The summed E-state index contributed by atoms with van der Waals surface area (Å²) in [6.07, 6.45) is -0.269. The number of amides is 2. The van der Waals surface area contributed by atoms with E-state index < -0.39 is 17.8 Å². The van der Waals surface area contributed by atoms with E-state index >= 15 is 0 Å². The standard InChI is InChI=1S/C22H24Cl3FN2O2/c1-13(2)11-27-22(30)14(3)28(12-15-7-8-18(24)19(25)9-15)21(29)10-16-17(23)5-4-6-20(16)26/h4-9,13-14H,10-12H2,1-3H3,(H,27,30). The van der Waals surface area contributed by atoms with Crippen molar-refractivity contribution in [2.24, 2.45) is 5.92 Å². The highest BCUT2D eigenvalue weighted by Crippen LogP contribution is 2.25. The van der Waals surface area contributed by atoms with Crippen LogP contribution in [0.25, 0.3) is 0 Å². The van der Waals surface area contributed by atoms with Crippen LogP contribution in [0.1, 0.15) is 31.9 Å². The van der Waals surface area contributed by atoms with Crippen molar-refractivity contribution >= 4 is 46.6 Å². The summed E-state index contributed by atoms with van der Waals surface area (Å²) in [7, 11) is 0. The molecule has 1 atom stereocenters. The summed E-state index contributed by atoms with van der Waals surface area (Å²) >= 11 is 18.1. The van der Waals surface area contributed by atoms with Crippen molar-refractivity contribution in [3.05, 3.63) is 68.4 Å². The van der Waals surface area contributed by atoms with Crippen LogP contribution in [-0.2, 0) is 22.6 Å². The Hall–Kier alpha value is -1.82. The Morgan fingerprint density at radius 2 is 1.73 bits per heavy atom.